The van der Waals surface area contributed by atoms with Gasteiger partial charge >= 0.3 is 88.7 Å². The molecule has 0 bridgehead atoms. The van der Waals surface area contributed by atoms with Gasteiger partial charge < -0.3 is 39.2 Å². The Balaban J connectivity index is -0.000000602. The topological polar surface area (TPSA) is 142 Å². The maximum Gasteiger partial charge on any atom is 1.00 e. The van der Waals surface area contributed by atoms with Gasteiger partial charge in [0.2, 0.25) is 0 Å². The number of aliphatic carboxylic acids is 3. The molecule has 0 radical (unpaired) electrons. The molecule has 0 amide bonds. The number of nitrogens with zero attached hydrogens (tertiary/aromatic N) is 1. The minimum Gasteiger partial charge on any atom is -0.549 e. The predicted octanol–water partition coefficient (Wildman–Crippen LogP) is -14.0. The van der Waals surface area contributed by atoms with Crippen LogP contribution in [-0.2, 0) is 23.9 Å². The van der Waals surface area contributed by atoms with Gasteiger partial charge in [0.1, 0.15) is 0 Å². The van der Waals surface area contributed by atoms with E-state index in [4.69, 9.17) is 4.74 Å². The van der Waals surface area contributed by atoms with Gasteiger partial charge in [-0.15, -0.1) is 0 Å². The molecule has 1 unspecified atom stereocenters. The number of carbonyl (C=O) groups excluding carboxylic acids is 3. The second kappa shape index (κ2) is 19.6. The predicted molar refractivity (Wildman–Crippen MR) is 57.7 cm³/mol. The Morgan fingerprint density at radius 1 is 0.913 bits per heavy atom. The van der Waals surface area contributed by atoms with Crippen molar-refractivity contribution in [1.29, 1.82) is 0 Å². The molecule has 0 saturated carbocycles. The third-order valence-corrected chi connectivity index (χ3v) is 2.07. The summed E-state index contributed by atoms with van der Waals surface area (Å²) in [5.41, 5.74) is 0. The zero-order valence-corrected chi connectivity index (χ0v) is 20.0. The zero-order chi connectivity index (χ0) is 15.5. The van der Waals surface area contributed by atoms with Crippen LogP contribution in [0.3, 0.4) is 0 Å². The van der Waals surface area contributed by atoms with E-state index in [-0.39, 0.29) is 108 Å². The Morgan fingerprint density at radius 2 is 1.39 bits per heavy atom. The molecule has 0 fully saturated rings. The van der Waals surface area contributed by atoms with Crippen molar-refractivity contribution in [3.05, 3.63) is 0 Å². The van der Waals surface area contributed by atoms with E-state index in [9.17, 15) is 29.7 Å². The Labute approximate surface area is 200 Å². The molecule has 23 heavy (non-hydrogen) atoms. The van der Waals surface area contributed by atoms with Crippen LogP contribution < -0.4 is 104 Å². The summed E-state index contributed by atoms with van der Waals surface area (Å²) in [7, 11) is 0. The first-order valence-electron chi connectivity index (χ1n) is 5.82. The van der Waals surface area contributed by atoms with Gasteiger partial charge in [-0.2, -0.15) is 0 Å². The summed E-state index contributed by atoms with van der Waals surface area (Å²) in [4.78, 5) is 32.0. The first-order valence-corrected chi connectivity index (χ1v) is 5.82. The number of carbonyl (C=O) groups is 3. The number of carboxylic acids is 3. The second-order valence-electron chi connectivity index (χ2n) is 4.02. The van der Waals surface area contributed by atoms with Gasteiger partial charge in [0.25, 0.3) is 0 Å². The normalized spacial score (nSPS) is 10.7. The van der Waals surface area contributed by atoms with Crippen LogP contribution in [0, 0.1) is 0 Å². The van der Waals surface area contributed by atoms with Gasteiger partial charge in [0.15, 0.2) is 0 Å². The van der Waals surface area contributed by atoms with Crippen LogP contribution in [0.1, 0.15) is 6.92 Å². The average Bonchev–Trinajstić information content (AvgIpc) is 2.25. The van der Waals surface area contributed by atoms with Crippen molar-refractivity contribution >= 4 is 17.9 Å². The molecular weight excluding hydrogens is 343 g/mol. The molecule has 9 nitrogen and oxygen atoms in total. The molecule has 0 rings (SSSR count). The van der Waals surface area contributed by atoms with Crippen molar-refractivity contribution in [2.24, 2.45) is 0 Å². The van der Waals surface area contributed by atoms with Gasteiger partial charge in [-0.1, -0.05) is 0 Å². The SMILES string of the molecule is CC(CN(CC(=O)[O-])CC(=O)[O-])OCCOCC(=O)[O-].[Na+].[Na+].[Na+]. The van der Waals surface area contributed by atoms with Crippen LogP contribution in [0.5, 0.6) is 0 Å². The van der Waals surface area contributed by atoms with Crippen molar-refractivity contribution in [2.45, 2.75) is 13.0 Å². The third kappa shape index (κ3) is 23.3. The Bertz CT molecular complexity index is 329. The minimum atomic E-state index is -1.41. The summed E-state index contributed by atoms with van der Waals surface area (Å²) >= 11 is 0. The molecule has 1 atom stereocenters. The van der Waals surface area contributed by atoms with Crippen LogP contribution in [0.25, 0.3) is 0 Å². The zero-order valence-electron chi connectivity index (χ0n) is 14.0. The summed E-state index contributed by atoms with van der Waals surface area (Å²) in [5, 5.41) is 30.9. The van der Waals surface area contributed by atoms with E-state index in [0.29, 0.717) is 0 Å². The molecule has 0 saturated heterocycles. The molecule has 0 spiro atoms. The van der Waals surface area contributed by atoms with E-state index >= 15 is 0 Å². The number of hydrogen-bond donors (Lipinski definition) is 0. The number of carboxylic acid groups (broad SMARTS) is 3. The standard InChI is InChI=1S/C11H19NO8.3Na/c1-8(20-3-2-19-7-11(17)18)4-12(5-9(13)14)6-10(15)16;;;/h8H,2-7H2,1H3,(H,13,14)(H,15,16)(H,17,18);;;/q;3*+1/p-3. The van der Waals surface area contributed by atoms with Crippen molar-refractivity contribution in [2.75, 3.05) is 39.5 Å². The molecule has 0 aliphatic heterocycles. The van der Waals surface area contributed by atoms with Gasteiger partial charge in [-0.3, -0.25) is 4.90 Å². The molecule has 0 aromatic rings. The molecule has 0 heterocycles. The number of hydrogen-bond acceptors (Lipinski definition) is 9. The van der Waals surface area contributed by atoms with Crippen molar-refractivity contribution in [3.63, 3.8) is 0 Å². The number of rotatable bonds is 12. The molecule has 0 aromatic heterocycles. The van der Waals surface area contributed by atoms with E-state index < -0.39 is 43.7 Å². The Hall–Kier alpha value is 1.29. The fourth-order valence-corrected chi connectivity index (χ4v) is 1.43. The summed E-state index contributed by atoms with van der Waals surface area (Å²) < 4.78 is 9.88. The maximum atomic E-state index is 10.4. The van der Waals surface area contributed by atoms with E-state index in [1.807, 2.05) is 0 Å². The summed E-state index contributed by atoms with van der Waals surface area (Å²) in [6, 6.07) is 0. The second-order valence-corrected chi connectivity index (χ2v) is 4.02. The monoisotopic (exact) mass is 359 g/mol. The average molecular weight is 359 g/mol. The summed E-state index contributed by atoms with van der Waals surface area (Å²) in [5.74, 6) is -4.15. The molecule has 0 aliphatic rings. The first kappa shape index (κ1) is 32.0. The van der Waals surface area contributed by atoms with E-state index in [1.54, 1.807) is 6.92 Å². The maximum absolute atomic E-state index is 10.4. The summed E-state index contributed by atoms with van der Waals surface area (Å²) in [6.07, 6.45) is -0.472. The van der Waals surface area contributed by atoms with Crippen LogP contribution in [0.2, 0.25) is 0 Å². The van der Waals surface area contributed by atoms with E-state index in [1.165, 1.54) is 0 Å². The van der Waals surface area contributed by atoms with Crippen LogP contribution >= 0.6 is 0 Å². The fourth-order valence-electron chi connectivity index (χ4n) is 1.43. The van der Waals surface area contributed by atoms with Gasteiger partial charge in [0.05, 0.1) is 43.8 Å². The van der Waals surface area contributed by atoms with Gasteiger partial charge in [-0.05, 0) is 6.92 Å². The van der Waals surface area contributed by atoms with Gasteiger partial charge in [0, 0.05) is 19.6 Å². The first-order chi connectivity index (χ1) is 9.31. The van der Waals surface area contributed by atoms with Crippen molar-refractivity contribution in [1.82, 2.24) is 4.90 Å². The molecular formula is C11H16NNa3O8. The van der Waals surface area contributed by atoms with Crippen molar-refractivity contribution in [3.8, 4) is 0 Å². The molecule has 12 heteroatoms. The van der Waals surface area contributed by atoms with Crippen molar-refractivity contribution < 1.29 is 128 Å². The van der Waals surface area contributed by atoms with Crippen LogP contribution in [-0.4, -0.2) is 68.4 Å². The Kier molecular flexibility index (Phi) is 27.3. The van der Waals surface area contributed by atoms with Crippen LogP contribution in [0.15, 0.2) is 0 Å². The molecule has 116 valence electrons. The molecule has 0 aromatic carbocycles. The minimum absolute atomic E-state index is 0. The Morgan fingerprint density at radius 3 is 1.78 bits per heavy atom. The van der Waals surface area contributed by atoms with Crippen LogP contribution in [0.4, 0.5) is 0 Å². The smallest absolute Gasteiger partial charge is 0.549 e. The fraction of sp³-hybridized carbons (Fsp3) is 0.727. The van der Waals surface area contributed by atoms with Gasteiger partial charge in [-0.25, -0.2) is 0 Å². The van der Waals surface area contributed by atoms with E-state index in [2.05, 4.69) is 4.74 Å². The largest absolute Gasteiger partial charge is 1.00 e. The molecule has 0 aliphatic carbocycles. The third-order valence-electron chi connectivity index (χ3n) is 2.07. The molecule has 0 N–H and O–H groups in total. The number of ether oxygens (including phenoxy) is 2. The quantitative estimate of drug-likeness (QED) is 0.245. The summed E-state index contributed by atoms with van der Waals surface area (Å²) in [6.45, 7) is 0.113. The van der Waals surface area contributed by atoms with E-state index in [0.717, 1.165) is 4.90 Å².